The number of nitrogens with two attached hydrogens (primary N) is 1. The largest absolute Gasteiger partial charge is 0.351 e. The lowest BCUT2D eigenvalue weighted by molar-refractivity contribution is -0.122. The molecule has 1 aromatic carbocycles. The Hall–Kier alpha value is -2.14. The first kappa shape index (κ1) is 14.3. The fourth-order valence-corrected chi connectivity index (χ4v) is 1.96. The molecule has 1 amide bonds. The van der Waals surface area contributed by atoms with E-state index in [1.807, 2.05) is 35.9 Å². The molecule has 0 radical (unpaired) electrons. The monoisotopic (exact) mass is 272 g/mol. The average molecular weight is 272 g/mol. The molecule has 1 aromatic heterocycles. The first-order valence-corrected chi connectivity index (χ1v) is 6.76. The maximum Gasteiger partial charge on any atom is 0.237 e. The SMILES string of the molecule is CC[C@H](N)C(=O)NCc1ccccc1Cn1ccnc1. The minimum absolute atomic E-state index is 0.107. The van der Waals surface area contributed by atoms with Gasteiger partial charge in [0.2, 0.25) is 5.91 Å². The van der Waals surface area contributed by atoms with Crippen molar-refractivity contribution in [2.75, 3.05) is 0 Å². The summed E-state index contributed by atoms with van der Waals surface area (Å²) in [7, 11) is 0. The first-order valence-electron chi connectivity index (χ1n) is 6.76. The number of hydrogen-bond donors (Lipinski definition) is 2. The lowest BCUT2D eigenvalue weighted by atomic mass is 10.1. The van der Waals surface area contributed by atoms with Crippen LogP contribution in [0.3, 0.4) is 0 Å². The highest BCUT2D eigenvalue weighted by Crippen LogP contribution is 2.10. The summed E-state index contributed by atoms with van der Waals surface area (Å²) in [4.78, 5) is 15.8. The molecule has 1 heterocycles. The third-order valence-corrected chi connectivity index (χ3v) is 3.26. The molecule has 5 nitrogen and oxygen atoms in total. The standard InChI is InChI=1S/C15H20N4O/c1-2-14(16)15(20)18-9-12-5-3-4-6-13(12)10-19-8-7-17-11-19/h3-8,11,14H,2,9-10,16H2,1H3,(H,18,20)/t14-/m0/s1. The lowest BCUT2D eigenvalue weighted by Crippen LogP contribution is -2.39. The molecule has 0 spiro atoms. The molecule has 0 aliphatic rings. The number of nitrogens with zero attached hydrogens (tertiary/aromatic N) is 2. The van der Waals surface area contributed by atoms with E-state index in [4.69, 9.17) is 5.73 Å². The van der Waals surface area contributed by atoms with Gasteiger partial charge in [-0.2, -0.15) is 0 Å². The van der Waals surface area contributed by atoms with Crippen molar-refractivity contribution in [3.05, 3.63) is 54.1 Å². The van der Waals surface area contributed by atoms with Gasteiger partial charge in [0, 0.05) is 25.5 Å². The van der Waals surface area contributed by atoms with Crippen LogP contribution in [0.1, 0.15) is 24.5 Å². The molecule has 1 atom stereocenters. The summed E-state index contributed by atoms with van der Waals surface area (Å²) >= 11 is 0. The van der Waals surface area contributed by atoms with Crippen LogP contribution >= 0.6 is 0 Å². The van der Waals surface area contributed by atoms with Crippen LogP contribution in [0.5, 0.6) is 0 Å². The molecule has 0 aliphatic heterocycles. The van der Waals surface area contributed by atoms with Gasteiger partial charge in [0.15, 0.2) is 0 Å². The van der Waals surface area contributed by atoms with Crippen LogP contribution in [0, 0.1) is 0 Å². The van der Waals surface area contributed by atoms with Crippen molar-refractivity contribution in [2.45, 2.75) is 32.5 Å². The predicted molar refractivity (Wildman–Crippen MR) is 77.9 cm³/mol. The molecule has 0 aliphatic carbocycles. The molecule has 0 fully saturated rings. The highest BCUT2D eigenvalue weighted by atomic mass is 16.2. The first-order chi connectivity index (χ1) is 9.70. The zero-order chi connectivity index (χ0) is 14.4. The van der Waals surface area contributed by atoms with Gasteiger partial charge in [-0.15, -0.1) is 0 Å². The molecule has 106 valence electrons. The topological polar surface area (TPSA) is 72.9 Å². The van der Waals surface area contributed by atoms with Crippen LogP contribution in [0.15, 0.2) is 43.0 Å². The second-order valence-corrected chi connectivity index (χ2v) is 4.74. The van der Waals surface area contributed by atoms with Gasteiger partial charge in [-0.3, -0.25) is 4.79 Å². The van der Waals surface area contributed by atoms with Crippen LogP contribution in [0.2, 0.25) is 0 Å². The van der Waals surface area contributed by atoms with Gasteiger partial charge >= 0.3 is 0 Å². The van der Waals surface area contributed by atoms with E-state index in [1.165, 1.54) is 0 Å². The van der Waals surface area contributed by atoms with Gasteiger partial charge in [-0.25, -0.2) is 4.98 Å². The van der Waals surface area contributed by atoms with Crippen molar-refractivity contribution in [2.24, 2.45) is 5.73 Å². The molecule has 0 bridgehead atoms. The minimum atomic E-state index is -0.434. The van der Waals surface area contributed by atoms with Crippen molar-refractivity contribution in [1.29, 1.82) is 0 Å². The summed E-state index contributed by atoms with van der Waals surface area (Å²) in [6.45, 7) is 3.14. The third kappa shape index (κ3) is 3.68. The van der Waals surface area contributed by atoms with Crippen LogP contribution < -0.4 is 11.1 Å². The number of imidazole rings is 1. The van der Waals surface area contributed by atoms with Crippen LogP contribution in [-0.4, -0.2) is 21.5 Å². The van der Waals surface area contributed by atoms with Crippen molar-refractivity contribution in [3.63, 3.8) is 0 Å². The maximum absolute atomic E-state index is 11.7. The number of hydrogen-bond acceptors (Lipinski definition) is 3. The molecule has 0 saturated heterocycles. The van der Waals surface area contributed by atoms with E-state index >= 15 is 0 Å². The van der Waals surface area contributed by atoms with Crippen LogP contribution in [0.25, 0.3) is 0 Å². The van der Waals surface area contributed by atoms with E-state index in [2.05, 4.69) is 16.4 Å². The lowest BCUT2D eigenvalue weighted by Gasteiger charge is -2.13. The second-order valence-electron chi connectivity index (χ2n) is 4.74. The molecule has 0 unspecified atom stereocenters. The maximum atomic E-state index is 11.7. The Morgan fingerprint density at radius 3 is 2.80 bits per heavy atom. The summed E-state index contributed by atoms with van der Waals surface area (Å²) in [5, 5.41) is 2.88. The van der Waals surface area contributed by atoms with Crippen molar-refractivity contribution in [1.82, 2.24) is 14.9 Å². The van der Waals surface area contributed by atoms with E-state index in [0.717, 1.165) is 17.7 Å². The Labute approximate surface area is 118 Å². The van der Waals surface area contributed by atoms with E-state index in [9.17, 15) is 4.79 Å². The van der Waals surface area contributed by atoms with Gasteiger partial charge in [-0.05, 0) is 17.5 Å². The Morgan fingerprint density at radius 1 is 1.40 bits per heavy atom. The fraction of sp³-hybridized carbons (Fsp3) is 0.333. The molecular formula is C15H20N4O. The zero-order valence-electron chi connectivity index (χ0n) is 11.6. The second kappa shape index (κ2) is 6.86. The van der Waals surface area contributed by atoms with Crippen molar-refractivity contribution >= 4 is 5.91 Å². The van der Waals surface area contributed by atoms with Gasteiger partial charge < -0.3 is 15.6 Å². The van der Waals surface area contributed by atoms with Crippen LogP contribution in [0.4, 0.5) is 0 Å². The molecular weight excluding hydrogens is 252 g/mol. The van der Waals surface area contributed by atoms with E-state index in [-0.39, 0.29) is 5.91 Å². The summed E-state index contributed by atoms with van der Waals surface area (Å²) in [6, 6.07) is 7.61. The highest BCUT2D eigenvalue weighted by molar-refractivity contribution is 5.81. The minimum Gasteiger partial charge on any atom is -0.351 e. The number of amides is 1. The molecule has 2 rings (SSSR count). The number of aromatic nitrogens is 2. The quantitative estimate of drug-likeness (QED) is 0.832. The van der Waals surface area contributed by atoms with Crippen LogP contribution in [-0.2, 0) is 17.9 Å². The Kier molecular flexibility index (Phi) is 4.90. The fourth-order valence-electron chi connectivity index (χ4n) is 1.96. The van der Waals surface area contributed by atoms with Crippen molar-refractivity contribution < 1.29 is 4.79 Å². The van der Waals surface area contributed by atoms with Gasteiger partial charge in [0.05, 0.1) is 12.4 Å². The smallest absolute Gasteiger partial charge is 0.237 e. The highest BCUT2D eigenvalue weighted by Gasteiger charge is 2.11. The Bertz CT molecular complexity index is 551. The number of rotatable bonds is 6. The van der Waals surface area contributed by atoms with E-state index in [1.54, 1.807) is 12.5 Å². The number of carbonyl (C=O) groups excluding carboxylic acids is 1. The Balaban J connectivity index is 2.03. The summed E-state index contributed by atoms with van der Waals surface area (Å²) in [5.41, 5.74) is 7.96. The van der Waals surface area contributed by atoms with Crippen molar-refractivity contribution in [3.8, 4) is 0 Å². The third-order valence-electron chi connectivity index (χ3n) is 3.26. The number of benzene rings is 1. The van der Waals surface area contributed by atoms with E-state index in [0.29, 0.717) is 13.0 Å². The molecule has 0 saturated carbocycles. The van der Waals surface area contributed by atoms with Gasteiger partial charge in [0.25, 0.3) is 0 Å². The molecule has 20 heavy (non-hydrogen) atoms. The zero-order valence-corrected chi connectivity index (χ0v) is 11.6. The van der Waals surface area contributed by atoms with E-state index < -0.39 is 6.04 Å². The van der Waals surface area contributed by atoms with Gasteiger partial charge in [0.1, 0.15) is 0 Å². The summed E-state index contributed by atoms with van der Waals surface area (Å²) in [6.07, 6.45) is 6.10. The summed E-state index contributed by atoms with van der Waals surface area (Å²) < 4.78 is 2.00. The Morgan fingerprint density at radius 2 is 2.15 bits per heavy atom. The molecule has 3 N–H and O–H groups in total. The van der Waals surface area contributed by atoms with Gasteiger partial charge in [-0.1, -0.05) is 31.2 Å². The average Bonchev–Trinajstić information content (AvgIpc) is 2.98. The molecule has 2 aromatic rings. The number of nitrogens with one attached hydrogen (secondary N) is 1. The number of carbonyl (C=O) groups is 1. The normalized spacial score (nSPS) is 12.1. The predicted octanol–water partition coefficient (Wildman–Crippen LogP) is 1.28. The molecule has 5 heteroatoms. The summed E-state index contributed by atoms with van der Waals surface area (Å²) in [5.74, 6) is -0.107.